The number of rotatable bonds is 8. The van der Waals surface area contributed by atoms with Gasteiger partial charge in [0.15, 0.2) is 5.16 Å². The van der Waals surface area contributed by atoms with Gasteiger partial charge < -0.3 is 19.9 Å². The number of hydrogen-bond acceptors (Lipinski definition) is 6. The van der Waals surface area contributed by atoms with E-state index in [1.165, 1.54) is 42.1 Å². The second-order valence-corrected chi connectivity index (χ2v) is 6.94. The molecule has 0 aliphatic carbocycles. The van der Waals surface area contributed by atoms with E-state index in [0.717, 1.165) is 0 Å². The average Bonchev–Trinajstić information content (AvgIpc) is 3.12. The van der Waals surface area contributed by atoms with Crippen LogP contribution < -0.4 is 15.4 Å². The molecule has 2 aromatic carbocycles. The minimum Gasteiger partial charge on any atom is -0.435 e. The van der Waals surface area contributed by atoms with E-state index in [-0.39, 0.29) is 17.4 Å². The molecule has 8 nitrogen and oxygen atoms in total. The monoisotopic (exact) mass is 433 g/mol. The largest absolute Gasteiger partial charge is 0.435 e. The summed E-state index contributed by atoms with van der Waals surface area (Å²) < 4.78 is 30.3. The van der Waals surface area contributed by atoms with Crippen molar-refractivity contribution < 1.29 is 23.1 Å². The predicted molar refractivity (Wildman–Crippen MR) is 108 cm³/mol. The Balaban J connectivity index is 1.56. The van der Waals surface area contributed by atoms with Gasteiger partial charge in [-0.15, -0.1) is 10.2 Å². The highest BCUT2D eigenvalue weighted by Gasteiger charge is 2.11. The Labute approximate surface area is 174 Å². The zero-order valence-electron chi connectivity index (χ0n) is 15.7. The van der Waals surface area contributed by atoms with Gasteiger partial charge in [-0.25, -0.2) is 0 Å². The minimum atomic E-state index is -2.91. The smallest absolute Gasteiger partial charge is 0.387 e. The quantitative estimate of drug-likeness (QED) is 0.529. The van der Waals surface area contributed by atoms with E-state index in [2.05, 4.69) is 25.6 Å². The predicted octanol–water partition coefficient (Wildman–Crippen LogP) is 3.40. The number of carbonyl (C=O) groups excluding carboxylic acids is 2. The highest BCUT2D eigenvalue weighted by molar-refractivity contribution is 7.99. The number of aromatic nitrogens is 3. The summed E-state index contributed by atoms with van der Waals surface area (Å²) in [5, 5.41) is 13.6. The van der Waals surface area contributed by atoms with Crippen LogP contribution in [0.2, 0.25) is 0 Å². The van der Waals surface area contributed by atoms with Crippen LogP contribution in [0, 0.1) is 0 Å². The highest BCUT2D eigenvalue weighted by atomic mass is 32.2. The fraction of sp³-hybridized carbons (Fsp3) is 0.158. The molecular weight excluding hydrogens is 416 g/mol. The first-order chi connectivity index (χ1) is 14.4. The Hall–Kier alpha value is -3.47. The summed E-state index contributed by atoms with van der Waals surface area (Å²) in [6, 6.07) is 12.0. The van der Waals surface area contributed by atoms with Crippen molar-refractivity contribution in [1.29, 1.82) is 0 Å². The zero-order valence-corrected chi connectivity index (χ0v) is 16.5. The number of nitrogens with one attached hydrogen (secondary N) is 2. The van der Waals surface area contributed by atoms with Gasteiger partial charge in [0.25, 0.3) is 5.91 Å². The maximum Gasteiger partial charge on any atom is 0.387 e. The molecule has 3 rings (SSSR count). The van der Waals surface area contributed by atoms with Crippen LogP contribution in [-0.4, -0.2) is 38.9 Å². The van der Waals surface area contributed by atoms with Crippen molar-refractivity contribution in [2.75, 3.05) is 16.4 Å². The van der Waals surface area contributed by atoms with Crippen molar-refractivity contribution >= 4 is 35.0 Å². The fourth-order valence-corrected chi connectivity index (χ4v) is 3.08. The second-order valence-electron chi connectivity index (χ2n) is 6.00. The number of benzene rings is 2. The van der Waals surface area contributed by atoms with E-state index in [1.807, 2.05) is 0 Å². The molecule has 0 aliphatic heterocycles. The molecular formula is C19H17F2N5O3S. The Morgan fingerprint density at radius 1 is 1.13 bits per heavy atom. The van der Waals surface area contributed by atoms with E-state index in [9.17, 15) is 18.4 Å². The Morgan fingerprint density at radius 3 is 2.57 bits per heavy atom. The first-order valence-electron chi connectivity index (χ1n) is 8.63. The summed E-state index contributed by atoms with van der Waals surface area (Å²) in [5.41, 5.74) is 1.20. The number of nitrogens with zero attached hydrogens (tertiary/aromatic N) is 3. The first kappa shape index (κ1) is 21.2. The van der Waals surface area contributed by atoms with Crippen molar-refractivity contribution in [2.24, 2.45) is 7.05 Å². The standard InChI is InChI=1S/C19H17F2N5O3S/c1-26-11-22-25-19(26)30-10-16(27)23-14-4-2-3-12(9-14)17(28)24-13-5-7-15(8-6-13)29-18(20)21/h2-9,11,18H,10H2,1H3,(H,23,27)(H,24,28). The highest BCUT2D eigenvalue weighted by Crippen LogP contribution is 2.19. The van der Waals surface area contributed by atoms with Gasteiger partial charge >= 0.3 is 6.61 Å². The molecule has 11 heteroatoms. The van der Waals surface area contributed by atoms with Gasteiger partial charge in [-0.05, 0) is 42.5 Å². The summed E-state index contributed by atoms with van der Waals surface area (Å²) >= 11 is 1.24. The number of anilines is 2. The number of alkyl halides is 2. The number of ether oxygens (including phenoxy) is 1. The maximum absolute atomic E-state index is 12.4. The van der Waals surface area contributed by atoms with Crippen LogP contribution in [0.3, 0.4) is 0 Å². The molecule has 30 heavy (non-hydrogen) atoms. The lowest BCUT2D eigenvalue weighted by atomic mass is 10.2. The second kappa shape index (κ2) is 9.83. The van der Waals surface area contributed by atoms with Crippen LogP contribution in [0.5, 0.6) is 5.75 Å². The van der Waals surface area contributed by atoms with Crippen molar-refractivity contribution in [2.45, 2.75) is 11.8 Å². The molecule has 0 fully saturated rings. The number of hydrogen-bond donors (Lipinski definition) is 2. The molecule has 0 radical (unpaired) electrons. The van der Waals surface area contributed by atoms with Gasteiger partial charge in [0.2, 0.25) is 5.91 Å². The summed E-state index contributed by atoms with van der Waals surface area (Å²) in [5.74, 6) is -0.542. The zero-order chi connectivity index (χ0) is 21.5. The molecule has 0 saturated heterocycles. The number of amides is 2. The molecule has 2 N–H and O–H groups in total. The average molecular weight is 433 g/mol. The number of carbonyl (C=O) groups is 2. The van der Waals surface area contributed by atoms with Crippen molar-refractivity contribution in [3.8, 4) is 5.75 Å². The van der Waals surface area contributed by atoms with Crippen LogP contribution in [0.25, 0.3) is 0 Å². The van der Waals surface area contributed by atoms with E-state index in [4.69, 9.17) is 0 Å². The summed E-state index contributed by atoms with van der Waals surface area (Å²) in [6.45, 7) is -2.91. The Morgan fingerprint density at radius 2 is 1.90 bits per heavy atom. The Bertz CT molecular complexity index is 1030. The molecule has 3 aromatic rings. The van der Waals surface area contributed by atoms with E-state index >= 15 is 0 Å². The molecule has 0 spiro atoms. The van der Waals surface area contributed by atoms with E-state index < -0.39 is 12.5 Å². The van der Waals surface area contributed by atoms with Gasteiger partial charge in [0.1, 0.15) is 12.1 Å². The summed E-state index contributed by atoms with van der Waals surface area (Å²) in [6.07, 6.45) is 1.54. The fourth-order valence-electron chi connectivity index (χ4n) is 2.39. The van der Waals surface area contributed by atoms with Crippen LogP contribution in [-0.2, 0) is 11.8 Å². The molecule has 0 atom stereocenters. The van der Waals surface area contributed by atoms with Gasteiger partial charge in [0, 0.05) is 24.0 Å². The van der Waals surface area contributed by atoms with E-state index in [0.29, 0.717) is 22.1 Å². The third-order valence-corrected chi connectivity index (χ3v) is 4.78. The number of aryl methyl sites for hydroxylation is 1. The first-order valence-corrected chi connectivity index (χ1v) is 9.62. The van der Waals surface area contributed by atoms with Crippen molar-refractivity contribution in [3.05, 3.63) is 60.4 Å². The lowest BCUT2D eigenvalue weighted by molar-refractivity contribution is -0.113. The topological polar surface area (TPSA) is 98.1 Å². The van der Waals surface area contributed by atoms with Gasteiger partial charge in [0.05, 0.1) is 5.75 Å². The molecule has 1 heterocycles. The number of halogens is 2. The third kappa shape index (κ3) is 6.01. The summed E-state index contributed by atoms with van der Waals surface area (Å²) in [4.78, 5) is 24.6. The molecule has 156 valence electrons. The van der Waals surface area contributed by atoms with Gasteiger partial charge in [-0.3, -0.25) is 9.59 Å². The SMILES string of the molecule is Cn1cnnc1SCC(=O)Nc1cccc(C(=O)Nc2ccc(OC(F)F)cc2)c1. The van der Waals surface area contributed by atoms with Gasteiger partial charge in [-0.1, -0.05) is 17.8 Å². The maximum atomic E-state index is 12.4. The van der Waals surface area contributed by atoms with E-state index in [1.54, 1.807) is 36.1 Å². The van der Waals surface area contributed by atoms with Crippen LogP contribution >= 0.6 is 11.8 Å². The third-order valence-electron chi connectivity index (χ3n) is 3.75. The molecule has 0 bridgehead atoms. The van der Waals surface area contributed by atoms with Crippen LogP contribution in [0.1, 0.15) is 10.4 Å². The lowest BCUT2D eigenvalue weighted by Gasteiger charge is -2.09. The Kier molecular flexibility index (Phi) is 6.96. The normalized spacial score (nSPS) is 10.7. The molecule has 0 unspecified atom stereocenters. The minimum absolute atomic E-state index is 0.00750. The van der Waals surface area contributed by atoms with Crippen LogP contribution in [0.15, 0.2) is 60.0 Å². The molecule has 0 saturated carbocycles. The van der Waals surface area contributed by atoms with Crippen molar-refractivity contribution in [3.63, 3.8) is 0 Å². The van der Waals surface area contributed by atoms with Crippen molar-refractivity contribution in [1.82, 2.24) is 14.8 Å². The lowest BCUT2D eigenvalue weighted by Crippen LogP contribution is -2.16. The summed E-state index contributed by atoms with van der Waals surface area (Å²) in [7, 11) is 1.78. The molecule has 0 aliphatic rings. The molecule has 1 aromatic heterocycles. The molecule has 2 amide bonds. The number of thioether (sulfide) groups is 1. The van der Waals surface area contributed by atoms with Gasteiger partial charge in [-0.2, -0.15) is 8.78 Å². The van der Waals surface area contributed by atoms with Crippen LogP contribution in [0.4, 0.5) is 20.2 Å².